The fourth-order valence-corrected chi connectivity index (χ4v) is 4.38. The Morgan fingerprint density at radius 2 is 1.56 bits per heavy atom. The van der Waals surface area contributed by atoms with Crippen molar-refractivity contribution < 1.29 is 18.3 Å². The number of hydrogen-bond donors (Lipinski definition) is 1. The standard InChI is InChI=1S/C28H28ClF2N3O2/c29-23-5-11-26(12-6-23)36-20-34-16-15-33(18-22-3-9-25(31)10-4-22)28(19-35)27(34)13-14-32-17-21-1-7-24(30)8-2-21/h1-12,27,32H,13-18,20H2. The second-order valence-electron chi connectivity index (χ2n) is 8.68. The van der Waals surface area contributed by atoms with Crippen molar-refractivity contribution in [3.8, 4) is 5.75 Å². The van der Waals surface area contributed by atoms with Gasteiger partial charge >= 0.3 is 0 Å². The zero-order valence-electron chi connectivity index (χ0n) is 19.8. The van der Waals surface area contributed by atoms with Crippen LogP contribution < -0.4 is 10.1 Å². The van der Waals surface area contributed by atoms with E-state index in [4.69, 9.17) is 16.3 Å². The van der Waals surface area contributed by atoms with Gasteiger partial charge in [-0.05, 0) is 72.6 Å². The summed E-state index contributed by atoms with van der Waals surface area (Å²) in [7, 11) is 0. The maximum Gasteiger partial charge on any atom is 0.147 e. The van der Waals surface area contributed by atoms with Crippen molar-refractivity contribution in [2.24, 2.45) is 0 Å². The Hall–Kier alpha value is -3.22. The Balaban J connectivity index is 1.43. The van der Waals surface area contributed by atoms with Crippen LogP contribution in [0.5, 0.6) is 5.75 Å². The number of halogens is 3. The van der Waals surface area contributed by atoms with E-state index in [0.29, 0.717) is 62.3 Å². The van der Waals surface area contributed by atoms with Crippen molar-refractivity contribution in [2.75, 3.05) is 26.4 Å². The molecule has 1 saturated heterocycles. The summed E-state index contributed by atoms with van der Waals surface area (Å²) in [5.74, 6) is 2.31. The summed E-state index contributed by atoms with van der Waals surface area (Å²) in [5, 5.41) is 4.01. The van der Waals surface area contributed by atoms with E-state index in [9.17, 15) is 13.6 Å². The molecule has 0 aromatic heterocycles. The molecule has 1 N–H and O–H groups in total. The molecule has 1 unspecified atom stereocenters. The average Bonchev–Trinajstić information content (AvgIpc) is 2.89. The van der Waals surface area contributed by atoms with Crippen LogP contribution in [-0.4, -0.2) is 48.1 Å². The Labute approximate surface area is 214 Å². The molecule has 3 aromatic rings. The quantitative estimate of drug-likeness (QED) is 0.305. The Morgan fingerprint density at radius 1 is 0.917 bits per heavy atom. The third-order valence-corrected chi connectivity index (χ3v) is 6.45. The molecule has 1 aliphatic heterocycles. The van der Waals surface area contributed by atoms with Crippen LogP contribution in [-0.2, 0) is 17.9 Å². The lowest BCUT2D eigenvalue weighted by Gasteiger charge is -2.42. The maximum atomic E-state index is 13.3. The van der Waals surface area contributed by atoms with Crippen LogP contribution >= 0.6 is 11.6 Å². The minimum atomic E-state index is -0.292. The van der Waals surface area contributed by atoms with Gasteiger partial charge in [0.1, 0.15) is 35.8 Å². The van der Waals surface area contributed by atoms with Crippen molar-refractivity contribution in [3.63, 3.8) is 0 Å². The van der Waals surface area contributed by atoms with Crippen LogP contribution in [0.15, 0.2) is 78.5 Å². The molecule has 0 aliphatic carbocycles. The number of nitrogens with one attached hydrogen (secondary N) is 1. The highest BCUT2D eigenvalue weighted by molar-refractivity contribution is 6.30. The molecular formula is C28H28ClF2N3O2. The van der Waals surface area contributed by atoms with Crippen LogP contribution in [0.4, 0.5) is 8.78 Å². The fraction of sp³-hybridized carbons (Fsp3) is 0.286. The van der Waals surface area contributed by atoms with Gasteiger partial charge in [0.2, 0.25) is 0 Å². The molecule has 4 rings (SSSR count). The SMILES string of the molecule is O=C=C1C(CCNCc2ccc(F)cc2)N(COc2ccc(Cl)cc2)CCN1Cc1ccc(F)cc1. The number of hydrogen-bond acceptors (Lipinski definition) is 5. The van der Waals surface area contributed by atoms with Gasteiger partial charge in [-0.15, -0.1) is 0 Å². The molecule has 1 aliphatic rings. The van der Waals surface area contributed by atoms with Crippen LogP contribution in [0.3, 0.4) is 0 Å². The zero-order chi connectivity index (χ0) is 25.3. The van der Waals surface area contributed by atoms with E-state index in [-0.39, 0.29) is 17.7 Å². The predicted molar refractivity (Wildman–Crippen MR) is 136 cm³/mol. The van der Waals surface area contributed by atoms with Crippen LogP contribution in [0.1, 0.15) is 17.5 Å². The van der Waals surface area contributed by atoms with E-state index in [1.807, 2.05) is 17.0 Å². The number of carbonyl (C=O) groups excluding carboxylic acids is 1. The first-order valence-electron chi connectivity index (χ1n) is 11.8. The number of ether oxygens (including phenoxy) is 1. The molecule has 0 spiro atoms. The van der Waals surface area contributed by atoms with E-state index in [2.05, 4.69) is 16.2 Å². The molecule has 188 valence electrons. The average molecular weight is 512 g/mol. The van der Waals surface area contributed by atoms with Gasteiger partial charge in [0.05, 0.1) is 6.04 Å². The van der Waals surface area contributed by atoms with E-state index >= 15 is 0 Å². The zero-order valence-corrected chi connectivity index (χ0v) is 20.6. The van der Waals surface area contributed by atoms with Crippen molar-refractivity contribution in [2.45, 2.75) is 25.6 Å². The Bertz CT molecular complexity index is 1170. The fourth-order valence-electron chi connectivity index (χ4n) is 4.25. The summed E-state index contributed by atoms with van der Waals surface area (Å²) in [5.41, 5.74) is 2.45. The summed E-state index contributed by atoms with van der Waals surface area (Å²) in [6.45, 7) is 3.33. The number of benzene rings is 3. The highest BCUT2D eigenvalue weighted by atomic mass is 35.5. The van der Waals surface area contributed by atoms with Crippen LogP contribution in [0.2, 0.25) is 5.02 Å². The van der Waals surface area contributed by atoms with Crippen LogP contribution in [0, 0.1) is 11.6 Å². The number of rotatable bonds is 10. The second kappa shape index (κ2) is 12.7. The topological polar surface area (TPSA) is 44.8 Å². The molecule has 0 saturated carbocycles. The van der Waals surface area contributed by atoms with Gasteiger partial charge in [-0.3, -0.25) is 4.90 Å². The Kier molecular flexibility index (Phi) is 9.09. The predicted octanol–water partition coefficient (Wildman–Crippen LogP) is 5.04. The molecule has 3 aromatic carbocycles. The van der Waals surface area contributed by atoms with Crippen molar-refractivity contribution >= 4 is 17.5 Å². The molecule has 0 amide bonds. The lowest BCUT2D eigenvalue weighted by atomic mass is 10.0. The minimum absolute atomic E-state index is 0.218. The monoisotopic (exact) mass is 511 g/mol. The minimum Gasteiger partial charge on any atom is -0.478 e. The van der Waals surface area contributed by atoms with Gasteiger partial charge in [0, 0.05) is 31.2 Å². The summed E-state index contributed by atoms with van der Waals surface area (Å²) in [6, 6.07) is 19.6. The maximum absolute atomic E-state index is 13.3. The van der Waals surface area contributed by atoms with Crippen LogP contribution in [0.25, 0.3) is 0 Å². The van der Waals surface area contributed by atoms with Gasteiger partial charge in [0.15, 0.2) is 0 Å². The normalized spacial score (nSPS) is 16.1. The molecule has 0 bridgehead atoms. The highest BCUT2D eigenvalue weighted by Gasteiger charge is 2.32. The summed E-state index contributed by atoms with van der Waals surface area (Å²) >= 11 is 5.97. The van der Waals surface area contributed by atoms with Gasteiger partial charge < -0.3 is 15.0 Å². The first-order valence-corrected chi connectivity index (χ1v) is 12.2. The van der Waals surface area contributed by atoms with Crippen molar-refractivity contribution in [1.82, 2.24) is 15.1 Å². The first kappa shape index (κ1) is 25.9. The molecule has 1 fully saturated rings. The number of nitrogens with zero attached hydrogens (tertiary/aromatic N) is 2. The Morgan fingerprint density at radius 3 is 2.19 bits per heavy atom. The van der Waals surface area contributed by atoms with E-state index in [1.165, 1.54) is 24.3 Å². The third-order valence-electron chi connectivity index (χ3n) is 6.19. The van der Waals surface area contributed by atoms with E-state index < -0.39 is 0 Å². The van der Waals surface area contributed by atoms with Gasteiger partial charge in [-0.1, -0.05) is 35.9 Å². The largest absolute Gasteiger partial charge is 0.478 e. The lowest BCUT2D eigenvalue weighted by molar-refractivity contribution is 0.0445. The summed E-state index contributed by atoms with van der Waals surface area (Å²) in [6.07, 6.45) is 0.648. The van der Waals surface area contributed by atoms with E-state index in [1.54, 1.807) is 36.4 Å². The number of piperazine rings is 1. The summed E-state index contributed by atoms with van der Waals surface area (Å²) < 4.78 is 32.5. The third kappa shape index (κ3) is 7.15. The molecule has 8 heteroatoms. The molecule has 1 atom stereocenters. The molecule has 5 nitrogen and oxygen atoms in total. The molecule has 0 radical (unpaired) electrons. The highest BCUT2D eigenvalue weighted by Crippen LogP contribution is 2.25. The molecular weight excluding hydrogens is 484 g/mol. The lowest BCUT2D eigenvalue weighted by Crippen LogP contribution is -2.53. The molecule has 1 heterocycles. The van der Waals surface area contributed by atoms with Crippen molar-refractivity contribution in [1.29, 1.82) is 0 Å². The van der Waals surface area contributed by atoms with Crippen molar-refractivity contribution in [3.05, 3.63) is 106 Å². The molecule has 36 heavy (non-hydrogen) atoms. The van der Waals surface area contributed by atoms with Gasteiger partial charge in [-0.25, -0.2) is 13.6 Å². The van der Waals surface area contributed by atoms with E-state index in [0.717, 1.165) is 11.1 Å². The van der Waals surface area contributed by atoms with Gasteiger partial charge in [0.25, 0.3) is 0 Å². The smallest absolute Gasteiger partial charge is 0.147 e. The van der Waals surface area contributed by atoms with Gasteiger partial charge in [-0.2, -0.15) is 0 Å². The first-order chi connectivity index (χ1) is 17.5. The second-order valence-corrected chi connectivity index (χ2v) is 9.12. The summed E-state index contributed by atoms with van der Waals surface area (Å²) in [4.78, 5) is 16.3.